The van der Waals surface area contributed by atoms with Crippen molar-refractivity contribution in [2.45, 2.75) is 23.0 Å². The number of sulfonamides is 1. The van der Waals surface area contributed by atoms with Crippen molar-refractivity contribution in [2.75, 3.05) is 6.26 Å². The lowest BCUT2D eigenvalue weighted by Crippen LogP contribution is -2.04. The average Bonchev–Trinajstić information content (AvgIpc) is 2.84. The molecular weight excluding hydrogens is 398 g/mol. The average molecular weight is 414 g/mol. The normalized spacial score (nSPS) is 14.4. The van der Waals surface area contributed by atoms with Crippen LogP contribution in [0, 0.1) is 13.8 Å². The molecule has 0 saturated heterocycles. The number of thiophene rings is 1. The Morgan fingerprint density at radius 1 is 1.00 bits per heavy atom. The number of fused-ring (bicyclic) bond motifs is 1. The highest BCUT2D eigenvalue weighted by atomic mass is 35.5. The second-order valence-corrected chi connectivity index (χ2v) is 11.6. The van der Waals surface area contributed by atoms with Gasteiger partial charge in [0.25, 0.3) is 10.0 Å². The Kier molecular flexibility index (Phi) is 4.70. The Bertz CT molecular complexity index is 1190. The molecule has 0 unspecified atom stereocenters. The summed E-state index contributed by atoms with van der Waals surface area (Å²) < 4.78 is 43.2. The van der Waals surface area contributed by atoms with Gasteiger partial charge in [0.05, 0.1) is 9.73 Å². The van der Waals surface area contributed by atoms with E-state index in [0.29, 0.717) is 15.5 Å². The Hall–Kier alpha value is -1.41. The molecule has 0 amide bonds. The number of rotatable bonds is 3. The second kappa shape index (κ2) is 6.39. The summed E-state index contributed by atoms with van der Waals surface area (Å²) in [6, 6.07) is 12.1. The maximum absolute atomic E-state index is 12.9. The van der Waals surface area contributed by atoms with Gasteiger partial charge < -0.3 is 0 Å². The van der Waals surface area contributed by atoms with Crippen molar-refractivity contribution in [1.29, 1.82) is 0 Å². The Morgan fingerprint density at radius 3 is 2.28 bits per heavy atom. The van der Waals surface area contributed by atoms with Crippen LogP contribution in [0.2, 0.25) is 5.02 Å². The lowest BCUT2D eigenvalue weighted by Gasteiger charge is -2.05. The number of hydrogen-bond acceptors (Lipinski definition) is 4. The minimum Gasteiger partial charge on any atom is -0.244 e. The summed E-state index contributed by atoms with van der Waals surface area (Å²) in [6.07, 6.45) is 1.34. The second-order valence-electron chi connectivity index (χ2n) is 5.82. The van der Waals surface area contributed by atoms with Crippen molar-refractivity contribution in [3.8, 4) is 0 Å². The van der Waals surface area contributed by atoms with Gasteiger partial charge >= 0.3 is 0 Å². The third-order valence-corrected chi connectivity index (χ3v) is 9.82. The predicted octanol–water partition coefficient (Wildman–Crippen LogP) is 5.02. The summed E-state index contributed by atoms with van der Waals surface area (Å²) in [4.78, 5) is 0.392. The van der Waals surface area contributed by atoms with Gasteiger partial charge in [-0.2, -0.15) is 8.42 Å². The molecule has 25 heavy (non-hydrogen) atoms. The zero-order valence-corrected chi connectivity index (χ0v) is 17.0. The van der Waals surface area contributed by atoms with Crippen LogP contribution in [0.15, 0.2) is 55.3 Å². The highest BCUT2D eigenvalue weighted by Crippen LogP contribution is 2.36. The van der Waals surface area contributed by atoms with Crippen molar-refractivity contribution in [2.24, 2.45) is 3.77 Å². The molecule has 0 saturated carbocycles. The van der Waals surface area contributed by atoms with E-state index in [2.05, 4.69) is 3.77 Å². The van der Waals surface area contributed by atoms with Gasteiger partial charge in [0.2, 0.25) is 0 Å². The molecule has 8 heteroatoms. The topological polar surface area (TPSA) is 63.6 Å². The molecule has 3 rings (SSSR count). The Labute approximate surface area is 156 Å². The first kappa shape index (κ1) is 18.4. The predicted molar refractivity (Wildman–Crippen MR) is 105 cm³/mol. The van der Waals surface area contributed by atoms with E-state index in [9.17, 15) is 12.6 Å². The summed E-state index contributed by atoms with van der Waals surface area (Å²) in [5, 5.41) is 1.30. The number of nitrogens with zero attached hydrogens (tertiary/aromatic N) is 1. The van der Waals surface area contributed by atoms with E-state index < -0.39 is 19.8 Å². The van der Waals surface area contributed by atoms with Crippen molar-refractivity contribution in [1.82, 2.24) is 0 Å². The summed E-state index contributed by atoms with van der Waals surface area (Å²) in [5.41, 5.74) is 1.57. The Morgan fingerprint density at radius 2 is 1.64 bits per heavy atom. The lowest BCUT2D eigenvalue weighted by molar-refractivity contribution is 0.599. The fourth-order valence-corrected chi connectivity index (χ4v) is 7.78. The standard InChI is InChI=1S/C17H16ClNO3S3/c1-11-4-7-14(8-5-11)24(3,20)19-25(21,22)17-12(2)15-10-13(18)6-9-16(15)23-17/h4-10H,1-3H3/t24-/m0/s1. The summed E-state index contributed by atoms with van der Waals surface area (Å²) >= 11 is 7.11. The third kappa shape index (κ3) is 3.60. The fourth-order valence-electron chi connectivity index (χ4n) is 2.47. The van der Waals surface area contributed by atoms with Crippen LogP contribution in [0.1, 0.15) is 11.1 Å². The molecule has 4 nitrogen and oxygen atoms in total. The van der Waals surface area contributed by atoms with E-state index in [1.807, 2.05) is 6.92 Å². The number of hydrogen-bond donors (Lipinski definition) is 0. The molecule has 0 spiro atoms. The van der Waals surface area contributed by atoms with Gasteiger partial charge in [-0.15, -0.1) is 15.1 Å². The lowest BCUT2D eigenvalue weighted by atomic mass is 10.2. The van der Waals surface area contributed by atoms with E-state index in [4.69, 9.17) is 11.6 Å². The Balaban J connectivity index is 2.18. The van der Waals surface area contributed by atoms with Crippen LogP contribution in [0.4, 0.5) is 0 Å². The molecule has 0 radical (unpaired) electrons. The molecule has 132 valence electrons. The van der Waals surface area contributed by atoms with E-state index in [0.717, 1.165) is 27.0 Å². The molecule has 0 aliphatic carbocycles. The van der Waals surface area contributed by atoms with Crippen LogP contribution in [0.25, 0.3) is 10.1 Å². The molecule has 0 N–H and O–H groups in total. The van der Waals surface area contributed by atoms with Crippen molar-refractivity contribution >= 4 is 52.8 Å². The van der Waals surface area contributed by atoms with Crippen LogP contribution >= 0.6 is 22.9 Å². The first-order valence-corrected chi connectivity index (χ1v) is 11.9. The van der Waals surface area contributed by atoms with E-state index >= 15 is 0 Å². The van der Waals surface area contributed by atoms with Gasteiger partial charge in [-0.05, 0) is 55.1 Å². The minimum atomic E-state index is -4.06. The molecule has 1 atom stereocenters. The van der Waals surface area contributed by atoms with Gasteiger partial charge in [-0.25, -0.2) is 4.21 Å². The highest BCUT2D eigenvalue weighted by molar-refractivity contribution is 8.03. The zero-order chi connectivity index (χ0) is 18.4. The molecule has 1 aromatic heterocycles. The van der Waals surface area contributed by atoms with Gasteiger partial charge in [-0.1, -0.05) is 29.3 Å². The van der Waals surface area contributed by atoms with Gasteiger partial charge in [0, 0.05) is 20.9 Å². The largest absolute Gasteiger partial charge is 0.300 e. The quantitative estimate of drug-likeness (QED) is 0.605. The maximum atomic E-state index is 12.9. The fraction of sp³-hybridized carbons (Fsp3) is 0.176. The minimum absolute atomic E-state index is 0.103. The molecular formula is C17H16ClNO3S3. The zero-order valence-electron chi connectivity index (χ0n) is 13.8. The van der Waals surface area contributed by atoms with Crippen molar-refractivity contribution < 1.29 is 12.6 Å². The number of aryl methyl sites for hydroxylation is 2. The smallest absolute Gasteiger partial charge is 0.244 e. The molecule has 0 aliphatic rings. The van der Waals surface area contributed by atoms with Gasteiger partial charge in [-0.3, -0.25) is 0 Å². The SMILES string of the molecule is Cc1ccc([S@](C)(=O)=NS(=O)(=O)c2sc3ccc(Cl)cc3c2C)cc1. The molecule has 0 bridgehead atoms. The summed E-state index contributed by atoms with van der Waals surface area (Å²) in [5.74, 6) is 0. The van der Waals surface area contributed by atoms with Crippen LogP contribution in [0.3, 0.4) is 0 Å². The van der Waals surface area contributed by atoms with Gasteiger partial charge in [0.1, 0.15) is 4.21 Å². The van der Waals surface area contributed by atoms with E-state index in [1.165, 1.54) is 6.26 Å². The summed E-state index contributed by atoms with van der Waals surface area (Å²) in [7, 11) is -7.13. The molecule has 0 aliphatic heterocycles. The van der Waals surface area contributed by atoms with Crippen LogP contribution in [-0.4, -0.2) is 18.9 Å². The molecule has 3 aromatic rings. The third-order valence-electron chi connectivity index (χ3n) is 3.79. The molecule has 2 aromatic carbocycles. The van der Waals surface area contributed by atoms with Crippen molar-refractivity contribution in [3.05, 3.63) is 58.6 Å². The number of halogens is 1. The van der Waals surface area contributed by atoms with E-state index in [1.54, 1.807) is 49.4 Å². The monoisotopic (exact) mass is 413 g/mol. The van der Waals surface area contributed by atoms with Crippen LogP contribution < -0.4 is 0 Å². The van der Waals surface area contributed by atoms with Crippen molar-refractivity contribution in [3.63, 3.8) is 0 Å². The van der Waals surface area contributed by atoms with Crippen LogP contribution in [-0.2, 0) is 19.8 Å². The number of benzene rings is 2. The molecule has 0 fully saturated rings. The van der Waals surface area contributed by atoms with Gasteiger partial charge in [0.15, 0.2) is 0 Å². The molecule has 1 heterocycles. The van der Waals surface area contributed by atoms with E-state index in [-0.39, 0.29) is 4.21 Å². The first-order valence-electron chi connectivity index (χ1n) is 7.34. The van der Waals surface area contributed by atoms with Crippen LogP contribution in [0.5, 0.6) is 0 Å². The summed E-state index contributed by atoms with van der Waals surface area (Å²) in [6.45, 7) is 3.61. The maximum Gasteiger partial charge on any atom is 0.300 e. The highest BCUT2D eigenvalue weighted by Gasteiger charge is 2.23. The first-order chi connectivity index (χ1) is 11.6.